The van der Waals surface area contributed by atoms with Crippen molar-refractivity contribution < 1.29 is 4.92 Å². The van der Waals surface area contributed by atoms with Gasteiger partial charge in [-0.05, 0) is 40.3 Å². The van der Waals surface area contributed by atoms with E-state index in [4.69, 9.17) is 0 Å². The molecule has 0 aliphatic rings. The van der Waals surface area contributed by atoms with Crippen LogP contribution in [0.3, 0.4) is 0 Å². The first-order valence-electron chi connectivity index (χ1n) is 4.12. The van der Waals surface area contributed by atoms with E-state index in [0.29, 0.717) is 0 Å². The van der Waals surface area contributed by atoms with E-state index in [2.05, 4.69) is 32.8 Å². The van der Waals surface area contributed by atoms with Gasteiger partial charge in [-0.15, -0.1) is 0 Å². The summed E-state index contributed by atoms with van der Waals surface area (Å²) in [6.07, 6.45) is 1.70. The molecule has 0 bridgehead atoms. The largest absolute Gasteiger partial charge is 0.272 e. The quantitative estimate of drug-likeness (QED) is 0.526. The van der Waals surface area contributed by atoms with E-state index in [0.717, 1.165) is 14.8 Å². The van der Waals surface area contributed by atoms with Crippen LogP contribution in [0.25, 0.3) is 11.1 Å². The SMILES string of the molecule is O=[N+]([O-])c1ccc(-c2cn[nH]c2I)cc1. The standard InChI is InChI=1S/C9H6IN3O2/c10-9-8(5-11-12-9)6-1-3-7(4-2-6)13(14)15/h1-5H,(H,11,12). The highest BCUT2D eigenvalue weighted by Crippen LogP contribution is 2.24. The molecular formula is C9H6IN3O2. The van der Waals surface area contributed by atoms with Crippen molar-refractivity contribution in [2.24, 2.45) is 0 Å². The predicted octanol–water partition coefficient (Wildman–Crippen LogP) is 2.59. The number of rotatable bonds is 2. The predicted molar refractivity (Wildman–Crippen MR) is 63.4 cm³/mol. The molecule has 1 N–H and O–H groups in total. The summed E-state index contributed by atoms with van der Waals surface area (Å²) in [5, 5.41) is 17.1. The maximum atomic E-state index is 10.5. The van der Waals surface area contributed by atoms with E-state index >= 15 is 0 Å². The summed E-state index contributed by atoms with van der Waals surface area (Å²) < 4.78 is 0.918. The minimum absolute atomic E-state index is 0.0947. The van der Waals surface area contributed by atoms with Crippen molar-refractivity contribution in [3.8, 4) is 11.1 Å². The van der Waals surface area contributed by atoms with Gasteiger partial charge in [-0.3, -0.25) is 15.2 Å². The maximum Gasteiger partial charge on any atom is 0.269 e. The van der Waals surface area contributed by atoms with Crippen molar-refractivity contribution in [1.82, 2.24) is 10.2 Å². The fourth-order valence-corrected chi connectivity index (χ4v) is 1.82. The van der Waals surface area contributed by atoms with E-state index in [1.54, 1.807) is 18.3 Å². The first-order chi connectivity index (χ1) is 7.18. The minimum Gasteiger partial charge on any atom is -0.272 e. The van der Waals surface area contributed by atoms with Gasteiger partial charge >= 0.3 is 0 Å². The molecule has 0 spiro atoms. The van der Waals surface area contributed by atoms with Crippen LogP contribution in [0.4, 0.5) is 5.69 Å². The maximum absolute atomic E-state index is 10.5. The van der Waals surface area contributed by atoms with Gasteiger partial charge in [0.25, 0.3) is 5.69 Å². The van der Waals surface area contributed by atoms with Crippen LogP contribution in [0.2, 0.25) is 0 Å². The average molecular weight is 315 g/mol. The summed E-state index contributed by atoms with van der Waals surface area (Å²) >= 11 is 2.13. The van der Waals surface area contributed by atoms with Gasteiger partial charge in [0, 0.05) is 17.7 Å². The molecule has 0 unspecified atom stereocenters. The van der Waals surface area contributed by atoms with Gasteiger partial charge < -0.3 is 0 Å². The van der Waals surface area contributed by atoms with Crippen molar-refractivity contribution in [2.45, 2.75) is 0 Å². The third kappa shape index (κ3) is 1.99. The van der Waals surface area contributed by atoms with E-state index in [1.807, 2.05) is 0 Å². The van der Waals surface area contributed by atoms with Crippen LogP contribution in [-0.2, 0) is 0 Å². The Kier molecular flexibility index (Phi) is 2.67. The topological polar surface area (TPSA) is 71.8 Å². The summed E-state index contributed by atoms with van der Waals surface area (Å²) in [6.45, 7) is 0. The molecule has 2 aromatic rings. The van der Waals surface area contributed by atoms with E-state index in [1.165, 1.54) is 12.1 Å². The van der Waals surface area contributed by atoms with Crippen molar-refractivity contribution in [3.63, 3.8) is 0 Å². The lowest BCUT2D eigenvalue weighted by Gasteiger charge is -1.97. The van der Waals surface area contributed by atoms with Crippen molar-refractivity contribution >= 4 is 28.3 Å². The molecule has 0 amide bonds. The van der Waals surface area contributed by atoms with E-state index in [9.17, 15) is 10.1 Å². The lowest BCUT2D eigenvalue weighted by Crippen LogP contribution is -1.87. The zero-order valence-electron chi connectivity index (χ0n) is 7.48. The first kappa shape index (κ1) is 10.1. The Morgan fingerprint density at radius 2 is 2.00 bits per heavy atom. The molecule has 1 heterocycles. The van der Waals surface area contributed by atoms with Crippen LogP contribution in [0.15, 0.2) is 30.5 Å². The van der Waals surface area contributed by atoms with Crippen LogP contribution in [0, 0.1) is 13.8 Å². The van der Waals surface area contributed by atoms with Crippen LogP contribution >= 0.6 is 22.6 Å². The second-order valence-corrected chi connectivity index (χ2v) is 3.98. The van der Waals surface area contributed by atoms with Crippen LogP contribution in [-0.4, -0.2) is 15.1 Å². The number of nitrogens with one attached hydrogen (secondary N) is 1. The number of benzene rings is 1. The lowest BCUT2D eigenvalue weighted by molar-refractivity contribution is -0.384. The molecule has 15 heavy (non-hydrogen) atoms. The minimum atomic E-state index is -0.413. The molecule has 76 valence electrons. The van der Waals surface area contributed by atoms with Gasteiger partial charge in [0.15, 0.2) is 0 Å². The van der Waals surface area contributed by atoms with Gasteiger partial charge in [-0.2, -0.15) is 5.10 Å². The number of hydrogen-bond donors (Lipinski definition) is 1. The molecule has 5 nitrogen and oxygen atoms in total. The average Bonchev–Trinajstić information content (AvgIpc) is 2.65. The molecular weight excluding hydrogens is 309 g/mol. The van der Waals surface area contributed by atoms with Gasteiger partial charge in [0.05, 0.1) is 11.1 Å². The first-order valence-corrected chi connectivity index (χ1v) is 5.20. The molecule has 6 heteroatoms. The molecule has 2 rings (SSSR count). The normalized spacial score (nSPS) is 10.2. The number of nitro benzene ring substituents is 1. The molecule has 0 atom stereocenters. The Balaban J connectivity index is 2.40. The van der Waals surface area contributed by atoms with Gasteiger partial charge in [0.1, 0.15) is 3.70 Å². The number of nitro groups is 1. The van der Waals surface area contributed by atoms with E-state index < -0.39 is 4.92 Å². The molecule has 1 aromatic carbocycles. The highest BCUT2D eigenvalue weighted by atomic mass is 127. The number of aromatic nitrogens is 2. The third-order valence-electron chi connectivity index (χ3n) is 1.98. The fourth-order valence-electron chi connectivity index (χ4n) is 1.23. The Hall–Kier alpha value is -1.44. The highest BCUT2D eigenvalue weighted by Gasteiger charge is 2.08. The highest BCUT2D eigenvalue weighted by molar-refractivity contribution is 14.1. The van der Waals surface area contributed by atoms with Gasteiger partial charge in [-0.25, -0.2) is 0 Å². The zero-order valence-corrected chi connectivity index (χ0v) is 9.63. The van der Waals surface area contributed by atoms with Crippen LogP contribution in [0.5, 0.6) is 0 Å². The molecule has 0 aliphatic heterocycles. The molecule has 0 aliphatic carbocycles. The second kappa shape index (κ2) is 3.97. The number of halogens is 1. The number of non-ortho nitro benzene ring substituents is 1. The molecule has 0 fully saturated rings. The number of aromatic amines is 1. The Bertz CT molecular complexity index is 492. The Morgan fingerprint density at radius 1 is 1.33 bits per heavy atom. The van der Waals surface area contributed by atoms with Crippen molar-refractivity contribution in [3.05, 3.63) is 44.3 Å². The van der Waals surface area contributed by atoms with Crippen molar-refractivity contribution in [2.75, 3.05) is 0 Å². The summed E-state index contributed by atoms with van der Waals surface area (Å²) in [5.41, 5.74) is 1.96. The second-order valence-electron chi connectivity index (χ2n) is 2.90. The molecule has 0 saturated carbocycles. The van der Waals surface area contributed by atoms with Gasteiger partial charge in [0.2, 0.25) is 0 Å². The monoisotopic (exact) mass is 315 g/mol. The smallest absolute Gasteiger partial charge is 0.269 e. The fraction of sp³-hybridized carbons (Fsp3) is 0. The summed E-state index contributed by atoms with van der Waals surface area (Å²) in [6, 6.07) is 6.40. The Labute approximate surface area is 98.8 Å². The van der Waals surface area contributed by atoms with Crippen molar-refractivity contribution in [1.29, 1.82) is 0 Å². The number of hydrogen-bond acceptors (Lipinski definition) is 3. The lowest BCUT2D eigenvalue weighted by atomic mass is 10.1. The zero-order chi connectivity index (χ0) is 10.8. The third-order valence-corrected chi connectivity index (χ3v) is 2.80. The molecule has 0 radical (unpaired) electrons. The van der Waals surface area contributed by atoms with Crippen LogP contribution in [0.1, 0.15) is 0 Å². The van der Waals surface area contributed by atoms with E-state index in [-0.39, 0.29) is 5.69 Å². The summed E-state index contributed by atoms with van der Waals surface area (Å²) in [5.74, 6) is 0. The summed E-state index contributed by atoms with van der Waals surface area (Å²) in [7, 11) is 0. The Morgan fingerprint density at radius 3 is 2.47 bits per heavy atom. The number of H-pyrrole nitrogens is 1. The molecule has 1 aromatic heterocycles. The summed E-state index contributed by atoms with van der Waals surface area (Å²) in [4.78, 5) is 10.0. The molecule has 0 saturated heterocycles. The number of nitrogens with zero attached hydrogens (tertiary/aromatic N) is 2. The van der Waals surface area contributed by atoms with Crippen LogP contribution < -0.4 is 0 Å². The van der Waals surface area contributed by atoms with Gasteiger partial charge in [-0.1, -0.05) is 0 Å².